The molecular formula is C95H89BN3Si2+. The Morgan fingerprint density at radius 2 is 1.05 bits per heavy atom. The molecule has 0 N–H and O–H groups in total. The molecule has 0 radical (unpaired) electrons. The van der Waals surface area contributed by atoms with Crippen LogP contribution in [0.25, 0.3) is 55.6 Å². The van der Waals surface area contributed by atoms with Gasteiger partial charge in [0.1, 0.15) is 0 Å². The summed E-state index contributed by atoms with van der Waals surface area (Å²) in [5.74, 6) is 3.15. The van der Waals surface area contributed by atoms with Crippen molar-refractivity contribution in [1.29, 1.82) is 0 Å². The Kier molecular flexibility index (Phi) is 13.2. The highest BCUT2D eigenvalue weighted by atomic mass is 28.3. The van der Waals surface area contributed by atoms with Crippen LogP contribution >= 0.6 is 0 Å². The summed E-state index contributed by atoms with van der Waals surface area (Å²) in [6.45, 7) is 26.5. The second-order valence-electron chi connectivity index (χ2n) is 34.8. The molecule has 6 aliphatic carbocycles. The molecule has 494 valence electrons. The van der Waals surface area contributed by atoms with Crippen molar-refractivity contribution >= 4 is 95.8 Å². The topological polar surface area (TPSA) is 9.72 Å². The van der Waals surface area contributed by atoms with Gasteiger partial charge in [-0.1, -0.05) is 273 Å². The summed E-state index contributed by atoms with van der Waals surface area (Å²) in [6, 6.07) is 94.5. The summed E-state index contributed by atoms with van der Waals surface area (Å²) in [4.78, 5) is 8.36. The third-order valence-electron chi connectivity index (χ3n) is 26.5. The van der Waals surface area contributed by atoms with Crippen molar-refractivity contribution in [2.24, 2.45) is 34.5 Å². The fourth-order valence-electron chi connectivity index (χ4n) is 21.9. The third-order valence-corrected chi connectivity index (χ3v) is 30.1. The van der Waals surface area contributed by atoms with Gasteiger partial charge in [0.15, 0.2) is 0 Å². The van der Waals surface area contributed by atoms with Crippen LogP contribution in [-0.4, -0.2) is 29.6 Å². The second-order valence-corrected chi connectivity index (χ2v) is 42.4. The van der Waals surface area contributed by atoms with Gasteiger partial charge in [-0.15, -0.1) is 0 Å². The predicted molar refractivity (Wildman–Crippen MR) is 434 cm³/mol. The van der Waals surface area contributed by atoms with E-state index in [-0.39, 0.29) is 34.9 Å². The first-order valence-electron chi connectivity index (χ1n) is 37.7. The molecule has 6 heteroatoms. The minimum Gasteiger partial charge on any atom is -0.333 e. The zero-order chi connectivity index (χ0) is 68.5. The largest absolute Gasteiger partial charge is 0.345 e. The highest BCUT2D eigenvalue weighted by Gasteiger charge is 2.82. The molecule has 3 heterocycles. The summed E-state index contributed by atoms with van der Waals surface area (Å²) in [5.41, 5.74) is 34.4. The van der Waals surface area contributed by atoms with E-state index in [1.54, 1.807) is 11.1 Å². The van der Waals surface area contributed by atoms with Gasteiger partial charge in [-0.3, -0.25) is 0 Å². The van der Waals surface area contributed by atoms with Gasteiger partial charge in [-0.25, -0.2) is 0 Å². The number of allylic oxidation sites excluding steroid dienone is 2. The molecule has 3 aliphatic heterocycles. The molecule has 0 saturated heterocycles. The van der Waals surface area contributed by atoms with Crippen molar-refractivity contribution in [3.05, 3.63) is 283 Å². The number of rotatable bonds is 9. The molecule has 2 spiro atoms. The Morgan fingerprint density at radius 3 is 1.68 bits per heavy atom. The van der Waals surface area contributed by atoms with Gasteiger partial charge >= 0.3 is 8.80 Å². The Balaban J connectivity index is 0.944. The molecule has 0 aromatic heterocycles. The molecule has 11 aromatic carbocycles. The van der Waals surface area contributed by atoms with Crippen molar-refractivity contribution < 1.29 is 0 Å². The van der Waals surface area contributed by atoms with Crippen molar-refractivity contribution in [2.45, 2.75) is 123 Å². The van der Waals surface area contributed by atoms with Crippen LogP contribution in [0.4, 0.5) is 45.5 Å². The Labute approximate surface area is 602 Å². The summed E-state index contributed by atoms with van der Waals surface area (Å²) in [6.07, 6.45) is 13.2. The molecule has 2 bridgehead atoms. The van der Waals surface area contributed by atoms with Crippen LogP contribution in [-0.2, 0) is 10.8 Å². The van der Waals surface area contributed by atoms with Crippen LogP contribution in [0.3, 0.4) is 0 Å². The van der Waals surface area contributed by atoms with Gasteiger partial charge in [0.2, 0.25) is 0 Å². The van der Waals surface area contributed by atoms with Gasteiger partial charge in [0.05, 0.1) is 43.8 Å². The van der Waals surface area contributed by atoms with E-state index in [0.29, 0.717) is 17.3 Å². The normalized spacial score (nSPS) is 23.3. The van der Waals surface area contributed by atoms with Crippen molar-refractivity contribution in [1.82, 2.24) is 0 Å². The van der Waals surface area contributed by atoms with E-state index in [4.69, 9.17) is 0 Å². The number of hydrogen-bond acceptors (Lipinski definition) is 3. The summed E-state index contributed by atoms with van der Waals surface area (Å²) >= 11 is 0. The molecule has 4 fully saturated rings. The summed E-state index contributed by atoms with van der Waals surface area (Å²) in [7, 11) is -2.41. The molecule has 9 aliphatic rings. The standard InChI is InChI=1S/C95H89BN3Si2/c1-92(2,3)62-41-47-80-74(51-62)75-52-63(93(4,5)6)42-48-81(75)97(80)67-54-84-89-85(55-67)99(83-36-23-21-34-79(83)96(89)78-33-20-22-35-82(78)98(84)90-70(58-25-14-12-15-26-58)30-24-31-71(90)59-37-43-68(44-38-59)100(7)8)91-73(60-39-45-69(46-40-60)101(9,10)11)56-77-88(87(91)61-27-16-13-17-28-61)72-29-18-19-32-76(72)95(77)66-50-64-49-65-53-86(95)94(64,65)57-66/h12-48,51-52,54-56,64-66,74,80,86H,49-50,53,57H2,1-11H3/q+1. The molecule has 8 atom stereocenters. The fraction of sp³-hybridized carbons (Fsp3) is 0.263. The van der Waals surface area contributed by atoms with E-state index in [1.165, 1.54) is 170 Å². The van der Waals surface area contributed by atoms with Crippen molar-refractivity contribution in [3.63, 3.8) is 0 Å². The average Bonchev–Trinajstić information content (AvgIpc) is 1.45. The number of benzene rings is 11. The van der Waals surface area contributed by atoms with Gasteiger partial charge in [-0.05, 0) is 192 Å². The second kappa shape index (κ2) is 21.7. The maximum absolute atomic E-state index is 2.85. The first-order chi connectivity index (χ1) is 48.8. The van der Waals surface area contributed by atoms with E-state index < -0.39 is 16.9 Å². The minimum atomic E-state index is -1.71. The highest BCUT2D eigenvalue weighted by Crippen LogP contribution is 2.88. The number of hydrogen-bond donors (Lipinski definition) is 0. The molecule has 8 unspecified atom stereocenters. The number of anilines is 8. The lowest BCUT2D eigenvalue weighted by molar-refractivity contribution is -0.193. The van der Waals surface area contributed by atoms with E-state index in [2.05, 4.69) is 344 Å². The van der Waals surface area contributed by atoms with Crippen LogP contribution in [0.2, 0.25) is 32.7 Å². The lowest BCUT2D eigenvalue weighted by atomic mass is 9.33. The lowest BCUT2D eigenvalue weighted by Crippen LogP contribution is -2.65. The monoisotopic (exact) mass is 1340 g/mol. The zero-order valence-electron chi connectivity index (χ0n) is 60.5. The average molecular weight is 1340 g/mol. The molecule has 0 amide bonds. The van der Waals surface area contributed by atoms with Gasteiger partial charge < -0.3 is 14.7 Å². The first kappa shape index (κ1) is 61.6. The SMILES string of the molecule is C[Si+](C)c1ccc(-c2cccc(-c3ccccc3)c2N2c3ccccc3B3c4ccccc4N(c4c(-c5ccc([Si](C)(C)C)cc5)cc5c(c4-c4ccccc4)-c4ccccc4C54C5CC6CC7CC4C67C5)c4cc(N5c6ccc(C(C)(C)C)cc6C6C=C(C(C)(C)C)C=CC65)cc2c43)cc1. The summed E-state index contributed by atoms with van der Waals surface area (Å²) in [5, 5.41) is 2.93. The van der Waals surface area contributed by atoms with Crippen LogP contribution in [0.15, 0.2) is 260 Å². The van der Waals surface area contributed by atoms with Gasteiger partial charge in [0.25, 0.3) is 6.71 Å². The van der Waals surface area contributed by atoms with E-state index in [1.807, 2.05) is 0 Å². The van der Waals surface area contributed by atoms with Crippen LogP contribution < -0.4 is 41.5 Å². The van der Waals surface area contributed by atoms with E-state index in [0.717, 1.165) is 11.8 Å². The smallest absolute Gasteiger partial charge is 0.333 e. The quantitative estimate of drug-likeness (QED) is 0.133. The maximum Gasteiger partial charge on any atom is 0.345 e. The molecule has 101 heavy (non-hydrogen) atoms. The zero-order valence-corrected chi connectivity index (χ0v) is 62.5. The first-order valence-corrected chi connectivity index (χ1v) is 43.7. The molecule has 11 aromatic rings. The lowest BCUT2D eigenvalue weighted by Gasteiger charge is -2.70. The molecule has 4 saturated carbocycles. The van der Waals surface area contributed by atoms with E-state index >= 15 is 0 Å². The predicted octanol–water partition coefficient (Wildman–Crippen LogP) is 21.7. The third kappa shape index (κ3) is 8.58. The van der Waals surface area contributed by atoms with Gasteiger partial charge in [0, 0.05) is 67.7 Å². The van der Waals surface area contributed by atoms with Crippen molar-refractivity contribution in [2.75, 3.05) is 14.7 Å². The maximum atomic E-state index is 2.85. The number of nitrogens with zero attached hydrogens (tertiary/aromatic N) is 3. The Bertz CT molecular complexity index is 5360. The van der Waals surface area contributed by atoms with Crippen LogP contribution in [0, 0.1) is 34.5 Å². The van der Waals surface area contributed by atoms with Crippen LogP contribution in [0.5, 0.6) is 0 Å². The molecule has 20 rings (SSSR count). The molecule has 3 nitrogen and oxygen atoms in total. The Morgan fingerprint density at radius 1 is 0.475 bits per heavy atom. The summed E-state index contributed by atoms with van der Waals surface area (Å²) < 4.78 is 0. The number of para-hydroxylation sites is 3. The van der Waals surface area contributed by atoms with Gasteiger partial charge in [-0.2, -0.15) is 0 Å². The highest BCUT2D eigenvalue weighted by molar-refractivity contribution is 7.00. The molecular weight excluding hydrogens is 1250 g/mol. The van der Waals surface area contributed by atoms with Crippen molar-refractivity contribution in [3.8, 4) is 55.6 Å². The number of fused-ring (bicyclic) bond motifs is 15. The van der Waals surface area contributed by atoms with E-state index in [9.17, 15) is 0 Å². The Hall–Kier alpha value is -9.20. The van der Waals surface area contributed by atoms with Crippen LogP contribution in [0.1, 0.15) is 95.4 Å². The fourth-order valence-corrected chi connectivity index (χ4v) is 23.9. The minimum absolute atomic E-state index is 0.0193.